The van der Waals surface area contributed by atoms with Gasteiger partial charge in [-0.2, -0.15) is 5.10 Å². The number of rotatable bonds is 3. The van der Waals surface area contributed by atoms with Crippen LogP contribution in [0, 0.1) is 6.92 Å². The van der Waals surface area contributed by atoms with Crippen LogP contribution in [0.2, 0.25) is 0 Å². The highest BCUT2D eigenvalue weighted by Crippen LogP contribution is 2.29. The van der Waals surface area contributed by atoms with Crippen molar-refractivity contribution in [3.8, 4) is 5.69 Å². The van der Waals surface area contributed by atoms with E-state index in [1.54, 1.807) is 0 Å². The van der Waals surface area contributed by atoms with Gasteiger partial charge in [0.15, 0.2) is 0 Å². The molecule has 0 saturated carbocycles. The molecule has 4 nitrogen and oxygen atoms in total. The fourth-order valence-electron chi connectivity index (χ4n) is 2.74. The first-order valence-electron chi connectivity index (χ1n) is 7.34. The van der Waals surface area contributed by atoms with Crippen molar-refractivity contribution in [1.29, 1.82) is 0 Å². The maximum Gasteiger partial charge on any atom is 0.137 e. The molecule has 2 aromatic rings. The van der Waals surface area contributed by atoms with Crippen LogP contribution in [-0.2, 0) is 10.6 Å². The van der Waals surface area contributed by atoms with Crippen molar-refractivity contribution in [2.24, 2.45) is 0 Å². The molecule has 0 spiro atoms. The van der Waals surface area contributed by atoms with Gasteiger partial charge in [0.1, 0.15) is 5.82 Å². The molecule has 2 heterocycles. The Morgan fingerprint density at radius 3 is 2.76 bits per heavy atom. The lowest BCUT2D eigenvalue weighted by Gasteiger charge is -2.24. The quantitative estimate of drug-likeness (QED) is 0.816. The summed E-state index contributed by atoms with van der Waals surface area (Å²) in [4.78, 5) is 2.34. The number of halogens is 1. The molecule has 3 rings (SSSR count). The third-order valence-electron chi connectivity index (χ3n) is 3.81. The predicted octanol–water partition coefficient (Wildman–Crippen LogP) is 3.15. The van der Waals surface area contributed by atoms with E-state index in [1.165, 1.54) is 0 Å². The zero-order valence-corrected chi connectivity index (χ0v) is 13.0. The first-order valence-corrected chi connectivity index (χ1v) is 7.87. The Hall–Kier alpha value is -1.52. The van der Waals surface area contributed by atoms with Gasteiger partial charge < -0.3 is 9.64 Å². The number of aryl methyl sites for hydroxylation is 1. The van der Waals surface area contributed by atoms with Crippen LogP contribution < -0.4 is 4.90 Å². The minimum Gasteiger partial charge on any atom is -0.380 e. The third-order valence-corrected chi connectivity index (χ3v) is 4.08. The molecule has 1 aromatic carbocycles. The molecule has 0 amide bonds. The van der Waals surface area contributed by atoms with Gasteiger partial charge in [-0.1, -0.05) is 18.2 Å². The minimum atomic E-state index is 0.478. The summed E-state index contributed by atoms with van der Waals surface area (Å²) < 4.78 is 7.58. The van der Waals surface area contributed by atoms with E-state index >= 15 is 0 Å². The molecule has 0 aliphatic carbocycles. The molecule has 0 radical (unpaired) electrons. The van der Waals surface area contributed by atoms with Crippen molar-refractivity contribution in [3.05, 3.63) is 41.6 Å². The molecule has 0 bridgehead atoms. The number of para-hydroxylation sites is 1. The topological polar surface area (TPSA) is 30.3 Å². The van der Waals surface area contributed by atoms with Gasteiger partial charge in [-0.05, 0) is 25.5 Å². The van der Waals surface area contributed by atoms with Crippen LogP contribution in [0.1, 0.15) is 17.7 Å². The maximum absolute atomic E-state index is 6.19. The molecule has 5 heteroatoms. The molecule has 112 valence electrons. The van der Waals surface area contributed by atoms with E-state index in [2.05, 4.69) is 17.0 Å². The number of anilines is 1. The van der Waals surface area contributed by atoms with Crippen molar-refractivity contribution in [3.63, 3.8) is 0 Å². The second kappa shape index (κ2) is 6.50. The van der Waals surface area contributed by atoms with Gasteiger partial charge in [0.2, 0.25) is 0 Å². The van der Waals surface area contributed by atoms with E-state index in [4.69, 9.17) is 21.4 Å². The molecular weight excluding hydrogens is 286 g/mol. The van der Waals surface area contributed by atoms with E-state index in [9.17, 15) is 0 Å². The van der Waals surface area contributed by atoms with Crippen molar-refractivity contribution >= 4 is 17.4 Å². The fraction of sp³-hybridized carbons (Fsp3) is 0.438. The average molecular weight is 306 g/mol. The Morgan fingerprint density at radius 2 is 2.00 bits per heavy atom. The smallest absolute Gasteiger partial charge is 0.137 e. The summed E-state index contributed by atoms with van der Waals surface area (Å²) in [6, 6.07) is 10.2. The summed E-state index contributed by atoms with van der Waals surface area (Å²) in [5.41, 5.74) is 3.17. The van der Waals surface area contributed by atoms with E-state index < -0.39 is 0 Å². The Bertz CT molecular complexity index is 589. The number of aromatic nitrogens is 2. The number of alkyl halides is 1. The van der Waals surface area contributed by atoms with Gasteiger partial charge in [0.05, 0.1) is 23.9 Å². The first-order chi connectivity index (χ1) is 10.3. The summed E-state index contributed by atoms with van der Waals surface area (Å²) in [6.45, 7) is 5.45. The summed E-state index contributed by atoms with van der Waals surface area (Å²) in [6.07, 6.45) is 1.03. The molecule has 21 heavy (non-hydrogen) atoms. The van der Waals surface area contributed by atoms with Crippen LogP contribution in [0.15, 0.2) is 30.3 Å². The normalized spacial score (nSPS) is 16.0. The van der Waals surface area contributed by atoms with E-state index in [0.29, 0.717) is 5.88 Å². The van der Waals surface area contributed by atoms with Gasteiger partial charge in [-0.25, -0.2) is 4.68 Å². The molecule has 1 aliphatic heterocycles. The number of hydrogen-bond donors (Lipinski definition) is 0. The van der Waals surface area contributed by atoms with Crippen molar-refractivity contribution < 1.29 is 4.74 Å². The Labute approximate surface area is 130 Å². The SMILES string of the molecule is Cc1nn(-c2ccccc2)c(N2CCCOCC2)c1CCl. The van der Waals surface area contributed by atoms with Gasteiger partial charge in [0, 0.05) is 25.3 Å². The summed E-state index contributed by atoms with van der Waals surface area (Å²) >= 11 is 6.19. The highest BCUT2D eigenvalue weighted by atomic mass is 35.5. The third kappa shape index (κ3) is 2.92. The molecule has 0 atom stereocenters. The lowest BCUT2D eigenvalue weighted by molar-refractivity contribution is 0.152. The Morgan fingerprint density at radius 1 is 1.19 bits per heavy atom. The summed E-state index contributed by atoms with van der Waals surface area (Å²) in [7, 11) is 0. The fourth-order valence-corrected chi connectivity index (χ4v) is 3.05. The average Bonchev–Trinajstić information content (AvgIpc) is 2.69. The Balaban J connectivity index is 2.07. The second-order valence-corrected chi connectivity index (χ2v) is 5.49. The number of hydrogen-bond acceptors (Lipinski definition) is 3. The van der Waals surface area contributed by atoms with E-state index in [1.807, 2.05) is 29.8 Å². The van der Waals surface area contributed by atoms with Crippen LogP contribution in [0.3, 0.4) is 0 Å². The lowest BCUT2D eigenvalue weighted by atomic mass is 10.2. The molecule has 1 fully saturated rings. The first kappa shape index (κ1) is 14.4. The van der Waals surface area contributed by atoms with Crippen molar-refractivity contribution in [2.75, 3.05) is 31.2 Å². The zero-order valence-electron chi connectivity index (χ0n) is 12.3. The highest BCUT2D eigenvalue weighted by Gasteiger charge is 2.22. The molecule has 1 aliphatic rings. The van der Waals surface area contributed by atoms with Gasteiger partial charge in [-0.3, -0.25) is 0 Å². The predicted molar refractivity (Wildman–Crippen MR) is 85.5 cm³/mol. The molecule has 0 N–H and O–H groups in total. The van der Waals surface area contributed by atoms with Crippen LogP contribution in [-0.4, -0.2) is 36.1 Å². The standard InChI is InChI=1S/C16H20ClN3O/c1-13-15(12-17)16(19-8-5-10-21-11-9-19)20(18-13)14-6-3-2-4-7-14/h2-4,6-7H,5,8-12H2,1H3. The summed E-state index contributed by atoms with van der Waals surface area (Å²) in [5, 5.41) is 4.71. The van der Waals surface area contributed by atoms with Crippen molar-refractivity contribution in [2.45, 2.75) is 19.2 Å². The van der Waals surface area contributed by atoms with Crippen LogP contribution in [0.5, 0.6) is 0 Å². The molecule has 1 saturated heterocycles. The summed E-state index contributed by atoms with van der Waals surface area (Å²) in [5.74, 6) is 1.59. The van der Waals surface area contributed by atoms with Gasteiger partial charge in [0.25, 0.3) is 0 Å². The van der Waals surface area contributed by atoms with E-state index in [0.717, 1.165) is 55.5 Å². The van der Waals surface area contributed by atoms with Crippen LogP contribution in [0.25, 0.3) is 5.69 Å². The Kier molecular flexibility index (Phi) is 4.46. The lowest BCUT2D eigenvalue weighted by Crippen LogP contribution is -2.29. The molecule has 1 aromatic heterocycles. The maximum atomic E-state index is 6.19. The molecule has 0 unspecified atom stereocenters. The monoisotopic (exact) mass is 305 g/mol. The minimum absolute atomic E-state index is 0.478. The van der Waals surface area contributed by atoms with Crippen LogP contribution >= 0.6 is 11.6 Å². The number of nitrogens with zero attached hydrogens (tertiary/aromatic N) is 3. The van der Waals surface area contributed by atoms with Crippen LogP contribution in [0.4, 0.5) is 5.82 Å². The van der Waals surface area contributed by atoms with E-state index in [-0.39, 0.29) is 0 Å². The molecular formula is C16H20ClN3O. The zero-order chi connectivity index (χ0) is 14.7. The largest absolute Gasteiger partial charge is 0.380 e. The highest BCUT2D eigenvalue weighted by molar-refractivity contribution is 6.17. The number of benzene rings is 1. The van der Waals surface area contributed by atoms with Gasteiger partial charge >= 0.3 is 0 Å². The van der Waals surface area contributed by atoms with Crippen molar-refractivity contribution in [1.82, 2.24) is 9.78 Å². The number of ether oxygens (including phenoxy) is 1. The van der Waals surface area contributed by atoms with Gasteiger partial charge in [-0.15, -0.1) is 11.6 Å². The second-order valence-electron chi connectivity index (χ2n) is 5.22.